The Morgan fingerprint density at radius 1 is 1.39 bits per heavy atom. The molecule has 0 saturated heterocycles. The molecule has 1 unspecified atom stereocenters. The summed E-state index contributed by atoms with van der Waals surface area (Å²) >= 11 is 0. The minimum absolute atomic E-state index is 0.352. The van der Waals surface area contributed by atoms with Crippen LogP contribution in [0, 0.1) is 17.1 Å². The molecule has 0 N–H and O–H groups in total. The second-order valence-electron chi connectivity index (χ2n) is 4.58. The summed E-state index contributed by atoms with van der Waals surface area (Å²) in [5.41, 5.74) is 1.27. The van der Waals surface area contributed by atoms with Crippen molar-refractivity contribution < 1.29 is 4.39 Å². The molecule has 1 atom stereocenters. The van der Waals surface area contributed by atoms with E-state index in [1.807, 2.05) is 0 Å². The van der Waals surface area contributed by atoms with Crippen molar-refractivity contribution in [3.05, 3.63) is 29.6 Å². The van der Waals surface area contributed by atoms with Crippen molar-refractivity contribution in [2.75, 3.05) is 11.4 Å². The molecule has 98 valence electrons. The maximum atomic E-state index is 13.2. The Hall–Kier alpha value is -1.56. The van der Waals surface area contributed by atoms with E-state index in [2.05, 4.69) is 31.7 Å². The molecule has 18 heavy (non-hydrogen) atoms. The summed E-state index contributed by atoms with van der Waals surface area (Å²) in [5, 5.41) is 9.13. The number of nitriles is 1. The number of halogens is 1. The molecule has 0 aliphatic carbocycles. The van der Waals surface area contributed by atoms with Gasteiger partial charge in [0.05, 0.1) is 11.3 Å². The molecule has 0 saturated carbocycles. The zero-order valence-corrected chi connectivity index (χ0v) is 11.4. The zero-order chi connectivity index (χ0) is 13.5. The Kier molecular flexibility index (Phi) is 5.64. The van der Waals surface area contributed by atoms with Gasteiger partial charge < -0.3 is 4.90 Å². The van der Waals surface area contributed by atoms with Crippen LogP contribution < -0.4 is 4.90 Å². The van der Waals surface area contributed by atoms with Crippen LogP contribution in [0.4, 0.5) is 10.1 Å². The average Bonchev–Trinajstić information content (AvgIpc) is 2.39. The van der Waals surface area contributed by atoms with Gasteiger partial charge in [-0.15, -0.1) is 0 Å². The molecular weight excluding hydrogens is 227 g/mol. The van der Waals surface area contributed by atoms with Gasteiger partial charge >= 0.3 is 0 Å². The first kappa shape index (κ1) is 14.5. The van der Waals surface area contributed by atoms with Crippen LogP contribution in [0.2, 0.25) is 0 Å². The summed E-state index contributed by atoms with van der Waals surface area (Å²) in [7, 11) is 0. The van der Waals surface area contributed by atoms with Crippen molar-refractivity contribution >= 4 is 5.69 Å². The number of hydrogen-bond acceptors (Lipinski definition) is 2. The van der Waals surface area contributed by atoms with Crippen LogP contribution in [0.25, 0.3) is 0 Å². The molecular formula is C15H21FN2. The van der Waals surface area contributed by atoms with Gasteiger partial charge in [-0.3, -0.25) is 0 Å². The molecule has 0 fully saturated rings. The van der Waals surface area contributed by atoms with E-state index in [1.54, 1.807) is 6.07 Å². The van der Waals surface area contributed by atoms with Crippen molar-refractivity contribution in [2.45, 2.75) is 46.1 Å². The monoisotopic (exact) mass is 248 g/mol. The fourth-order valence-corrected chi connectivity index (χ4v) is 1.98. The van der Waals surface area contributed by atoms with Gasteiger partial charge in [0, 0.05) is 12.6 Å². The number of nitrogens with zero attached hydrogens (tertiary/aromatic N) is 2. The zero-order valence-electron chi connectivity index (χ0n) is 11.4. The minimum atomic E-state index is -0.352. The van der Waals surface area contributed by atoms with Gasteiger partial charge in [-0.1, -0.05) is 20.3 Å². The Morgan fingerprint density at radius 3 is 2.67 bits per heavy atom. The van der Waals surface area contributed by atoms with E-state index < -0.39 is 0 Å². The smallest absolute Gasteiger partial charge is 0.124 e. The standard InChI is InChI=1S/C15H21FN2/c1-4-6-9-18(12(3)5-2)15-8-7-14(16)10-13(15)11-17/h7-8,10,12H,4-6,9H2,1-3H3. The molecule has 0 spiro atoms. The molecule has 2 nitrogen and oxygen atoms in total. The lowest BCUT2D eigenvalue weighted by molar-refractivity contribution is 0.592. The van der Waals surface area contributed by atoms with Crippen molar-refractivity contribution in [1.82, 2.24) is 0 Å². The largest absolute Gasteiger partial charge is 0.368 e. The van der Waals surface area contributed by atoms with Crippen LogP contribution in [-0.2, 0) is 0 Å². The number of anilines is 1. The number of unbranched alkanes of at least 4 members (excludes halogenated alkanes) is 1. The van der Waals surface area contributed by atoms with E-state index >= 15 is 0 Å². The highest BCUT2D eigenvalue weighted by molar-refractivity contribution is 5.60. The second-order valence-corrected chi connectivity index (χ2v) is 4.58. The van der Waals surface area contributed by atoms with Gasteiger partial charge in [0.2, 0.25) is 0 Å². The molecule has 0 amide bonds. The third-order valence-corrected chi connectivity index (χ3v) is 3.26. The number of hydrogen-bond donors (Lipinski definition) is 0. The van der Waals surface area contributed by atoms with Crippen LogP contribution in [0.3, 0.4) is 0 Å². The summed E-state index contributed by atoms with van der Waals surface area (Å²) in [5.74, 6) is -0.352. The van der Waals surface area contributed by atoms with Gasteiger partial charge in [-0.05, 0) is 38.0 Å². The molecule has 0 heterocycles. The summed E-state index contributed by atoms with van der Waals surface area (Å²) in [4.78, 5) is 2.21. The average molecular weight is 248 g/mol. The highest BCUT2D eigenvalue weighted by atomic mass is 19.1. The molecule has 1 aromatic carbocycles. The number of rotatable bonds is 6. The van der Waals surface area contributed by atoms with Crippen molar-refractivity contribution in [3.63, 3.8) is 0 Å². The first-order valence-corrected chi connectivity index (χ1v) is 6.60. The lowest BCUT2D eigenvalue weighted by Gasteiger charge is -2.31. The quantitative estimate of drug-likeness (QED) is 0.757. The van der Waals surface area contributed by atoms with Crippen molar-refractivity contribution in [1.29, 1.82) is 5.26 Å². The normalized spacial score (nSPS) is 11.9. The van der Waals surface area contributed by atoms with Crippen molar-refractivity contribution in [2.24, 2.45) is 0 Å². The van der Waals surface area contributed by atoms with E-state index in [4.69, 9.17) is 5.26 Å². The van der Waals surface area contributed by atoms with E-state index in [1.165, 1.54) is 12.1 Å². The van der Waals surface area contributed by atoms with Crippen LogP contribution >= 0.6 is 0 Å². The fraction of sp³-hybridized carbons (Fsp3) is 0.533. The predicted octanol–water partition coefficient (Wildman–Crippen LogP) is 4.10. The fourth-order valence-electron chi connectivity index (χ4n) is 1.98. The first-order valence-electron chi connectivity index (χ1n) is 6.60. The third kappa shape index (κ3) is 3.46. The van der Waals surface area contributed by atoms with E-state index in [-0.39, 0.29) is 5.82 Å². The van der Waals surface area contributed by atoms with Crippen LogP contribution in [0.15, 0.2) is 18.2 Å². The van der Waals surface area contributed by atoms with E-state index in [0.29, 0.717) is 11.6 Å². The Morgan fingerprint density at radius 2 is 2.11 bits per heavy atom. The maximum absolute atomic E-state index is 13.2. The SMILES string of the molecule is CCCCN(c1ccc(F)cc1C#N)C(C)CC. The molecule has 3 heteroatoms. The predicted molar refractivity (Wildman–Crippen MR) is 73.1 cm³/mol. The van der Waals surface area contributed by atoms with Gasteiger partial charge in [0.1, 0.15) is 11.9 Å². The molecule has 0 aliphatic rings. The minimum Gasteiger partial charge on any atom is -0.368 e. The van der Waals surface area contributed by atoms with E-state index in [9.17, 15) is 4.39 Å². The lowest BCUT2D eigenvalue weighted by Crippen LogP contribution is -2.34. The number of benzene rings is 1. The Balaban J connectivity index is 3.08. The third-order valence-electron chi connectivity index (χ3n) is 3.26. The Bertz CT molecular complexity index is 423. The molecule has 0 radical (unpaired) electrons. The van der Waals surface area contributed by atoms with Crippen molar-refractivity contribution in [3.8, 4) is 6.07 Å². The Labute approximate surface area is 109 Å². The highest BCUT2D eigenvalue weighted by Crippen LogP contribution is 2.24. The molecule has 1 aromatic rings. The molecule has 0 aliphatic heterocycles. The van der Waals surface area contributed by atoms with Crippen LogP contribution in [0.5, 0.6) is 0 Å². The lowest BCUT2D eigenvalue weighted by atomic mass is 10.1. The topological polar surface area (TPSA) is 27.0 Å². The summed E-state index contributed by atoms with van der Waals surface area (Å²) in [6, 6.07) is 6.91. The van der Waals surface area contributed by atoms with E-state index in [0.717, 1.165) is 31.5 Å². The molecule has 0 aromatic heterocycles. The summed E-state index contributed by atoms with van der Waals surface area (Å²) < 4.78 is 13.2. The van der Waals surface area contributed by atoms with Crippen LogP contribution in [-0.4, -0.2) is 12.6 Å². The maximum Gasteiger partial charge on any atom is 0.124 e. The second kappa shape index (κ2) is 7.00. The van der Waals surface area contributed by atoms with Crippen LogP contribution in [0.1, 0.15) is 45.6 Å². The molecule has 0 bridgehead atoms. The summed E-state index contributed by atoms with van der Waals surface area (Å²) in [6.07, 6.45) is 3.19. The van der Waals surface area contributed by atoms with Gasteiger partial charge in [0.15, 0.2) is 0 Å². The first-order chi connectivity index (χ1) is 8.63. The van der Waals surface area contributed by atoms with Gasteiger partial charge in [-0.25, -0.2) is 4.39 Å². The molecule has 1 rings (SSSR count). The highest BCUT2D eigenvalue weighted by Gasteiger charge is 2.16. The van der Waals surface area contributed by atoms with Gasteiger partial charge in [-0.2, -0.15) is 5.26 Å². The summed E-state index contributed by atoms with van der Waals surface area (Å²) in [6.45, 7) is 7.32. The van der Waals surface area contributed by atoms with Gasteiger partial charge in [0.25, 0.3) is 0 Å².